The SMILES string of the molecule is CC(CNC1CC1)Cc1ccc(F)c(Br)c1. The summed E-state index contributed by atoms with van der Waals surface area (Å²) in [5.41, 5.74) is 1.19. The lowest BCUT2D eigenvalue weighted by molar-refractivity contribution is 0.508. The van der Waals surface area contributed by atoms with E-state index in [1.165, 1.54) is 24.5 Å². The van der Waals surface area contributed by atoms with E-state index >= 15 is 0 Å². The lowest BCUT2D eigenvalue weighted by Gasteiger charge is -2.12. The largest absolute Gasteiger partial charge is 0.314 e. The highest BCUT2D eigenvalue weighted by Crippen LogP contribution is 2.21. The molecule has 1 aliphatic rings. The molecule has 0 heterocycles. The minimum Gasteiger partial charge on any atom is -0.314 e. The van der Waals surface area contributed by atoms with E-state index < -0.39 is 0 Å². The number of nitrogens with one attached hydrogen (secondary N) is 1. The summed E-state index contributed by atoms with van der Waals surface area (Å²) in [7, 11) is 0. The summed E-state index contributed by atoms with van der Waals surface area (Å²) in [5.74, 6) is 0.408. The summed E-state index contributed by atoms with van der Waals surface area (Å²) >= 11 is 3.22. The van der Waals surface area contributed by atoms with Crippen molar-refractivity contribution in [3.05, 3.63) is 34.1 Å². The first kappa shape index (κ1) is 12.1. The summed E-state index contributed by atoms with van der Waals surface area (Å²) in [6, 6.07) is 6.04. The van der Waals surface area contributed by atoms with Gasteiger partial charge in [0, 0.05) is 6.04 Å². The molecule has 0 spiro atoms. The Hall–Kier alpha value is -0.410. The molecule has 1 fully saturated rings. The van der Waals surface area contributed by atoms with Crippen molar-refractivity contribution >= 4 is 15.9 Å². The van der Waals surface area contributed by atoms with E-state index in [0.29, 0.717) is 10.4 Å². The average Bonchev–Trinajstić information content (AvgIpc) is 3.04. The van der Waals surface area contributed by atoms with Gasteiger partial charge in [0.05, 0.1) is 4.47 Å². The standard InChI is InChI=1S/C13H17BrFN/c1-9(8-16-11-3-4-11)6-10-2-5-13(15)12(14)7-10/h2,5,7,9,11,16H,3-4,6,8H2,1H3. The van der Waals surface area contributed by atoms with Gasteiger partial charge in [0.2, 0.25) is 0 Å². The van der Waals surface area contributed by atoms with E-state index in [2.05, 4.69) is 28.2 Å². The van der Waals surface area contributed by atoms with E-state index in [9.17, 15) is 4.39 Å². The Kier molecular flexibility index (Phi) is 3.98. The fourth-order valence-corrected chi connectivity index (χ4v) is 2.22. The third-order valence-electron chi connectivity index (χ3n) is 2.90. The molecule has 0 aromatic heterocycles. The van der Waals surface area contributed by atoms with Crippen LogP contribution in [0.25, 0.3) is 0 Å². The van der Waals surface area contributed by atoms with Crippen LogP contribution in [-0.2, 0) is 6.42 Å². The Labute approximate surface area is 105 Å². The first-order valence-corrected chi connectivity index (χ1v) is 6.62. The lowest BCUT2D eigenvalue weighted by Crippen LogP contribution is -2.24. The molecule has 16 heavy (non-hydrogen) atoms. The van der Waals surface area contributed by atoms with Crippen LogP contribution in [0.15, 0.2) is 22.7 Å². The molecule has 1 aliphatic carbocycles. The monoisotopic (exact) mass is 285 g/mol. The molecule has 0 saturated heterocycles. The molecule has 0 bridgehead atoms. The van der Waals surface area contributed by atoms with Crippen molar-refractivity contribution in [2.45, 2.75) is 32.2 Å². The van der Waals surface area contributed by atoms with E-state index in [-0.39, 0.29) is 5.82 Å². The van der Waals surface area contributed by atoms with E-state index in [0.717, 1.165) is 19.0 Å². The van der Waals surface area contributed by atoms with Crippen LogP contribution in [-0.4, -0.2) is 12.6 Å². The molecule has 1 atom stereocenters. The topological polar surface area (TPSA) is 12.0 Å². The maximum absolute atomic E-state index is 13.0. The molecule has 88 valence electrons. The quantitative estimate of drug-likeness (QED) is 0.873. The Morgan fingerprint density at radius 3 is 2.88 bits per heavy atom. The molecular weight excluding hydrogens is 269 g/mol. The van der Waals surface area contributed by atoms with Crippen molar-refractivity contribution in [3.8, 4) is 0 Å². The van der Waals surface area contributed by atoms with Gasteiger partial charge in [-0.2, -0.15) is 0 Å². The number of halogens is 2. The zero-order valence-electron chi connectivity index (χ0n) is 9.47. The van der Waals surface area contributed by atoms with Gasteiger partial charge in [-0.15, -0.1) is 0 Å². The number of rotatable bonds is 5. The first-order chi connectivity index (χ1) is 7.65. The van der Waals surface area contributed by atoms with Gasteiger partial charge in [0.15, 0.2) is 0 Å². The van der Waals surface area contributed by atoms with Gasteiger partial charge >= 0.3 is 0 Å². The van der Waals surface area contributed by atoms with Crippen molar-refractivity contribution in [2.75, 3.05) is 6.54 Å². The molecule has 1 aromatic carbocycles. The number of hydrogen-bond acceptors (Lipinski definition) is 1. The third kappa shape index (κ3) is 3.56. The second-order valence-electron chi connectivity index (χ2n) is 4.74. The van der Waals surface area contributed by atoms with Crippen LogP contribution < -0.4 is 5.32 Å². The van der Waals surface area contributed by atoms with Gasteiger partial charge < -0.3 is 5.32 Å². The van der Waals surface area contributed by atoms with Gasteiger partial charge in [0.1, 0.15) is 5.82 Å². The first-order valence-electron chi connectivity index (χ1n) is 5.82. The van der Waals surface area contributed by atoms with Crippen molar-refractivity contribution in [1.82, 2.24) is 5.32 Å². The second-order valence-corrected chi connectivity index (χ2v) is 5.59. The molecule has 1 N–H and O–H groups in total. The fraction of sp³-hybridized carbons (Fsp3) is 0.538. The summed E-state index contributed by atoms with van der Waals surface area (Å²) in [4.78, 5) is 0. The lowest BCUT2D eigenvalue weighted by atomic mass is 10.0. The highest BCUT2D eigenvalue weighted by Gasteiger charge is 2.20. The van der Waals surface area contributed by atoms with Gasteiger partial charge in [-0.1, -0.05) is 13.0 Å². The molecule has 1 saturated carbocycles. The van der Waals surface area contributed by atoms with Crippen molar-refractivity contribution in [1.29, 1.82) is 0 Å². The predicted molar refractivity (Wildman–Crippen MR) is 68.0 cm³/mol. The average molecular weight is 286 g/mol. The normalized spacial score (nSPS) is 17.4. The Balaban J connectivity index is 1.84. The Morgan fingerprint density at radius 2 is 2.25 bits per heavy atom. The van der Waals surface area contributed by atoms with Crippen LogP contribution in [0, 0.1) is 11.7 Å². The molecule has 3 heteroatoms. The minimum absolute atomic E-state index is 0.187. The second kappa shape index (κ2) is 5.28. The van der Waals surface area contributed by atoms with Crippen molar-refractivity contribution < 1.29 is 4.39 Å². The minimum atomic E-state index is -0.187. The Bertz CT molecular complexity index is 363. The molecule has 0 radical (unpaired) electrons. The van der Waals surface area contributed by atoms with E-state index in [4.69, 9.17) is 0 Å². The molecule has 2 rings (SSSR count). The zero-order valence-corrected chi connectivity index (χ0v) is 11.1. The predicted octanol–water partition coefficient (Wildman–Crippen LogP) is 3.52. The molecule has 0 amide bonds. The molecule has 1 aromatic rings. The summed E-state index contributed by atoms with van der Waals surface area (Å²) in [6.07, 6.45) is 3.65. The summed E-state index contributed by atoms with van der Waals surface area (Å²) in [5, 5.41) is 3.52. The highest BCUT2D eigenvalue weighted by molar-refractivity contribution is 9.10. The number of hydrogen-bond donors (Lipinski definition) is 1. The summed E-state index contributed by atoms with van der Waals surface area (Å²) < 4.78 is 13.6. The highest BCUT2D eigenvalue weighted by atomic mass is 79.9. The summed E-state index contributed by atoms with van der Waals surface area (Å²) in [6.45, 7) is 3.28. The van der Waals surface area contributed by atoms with Crippen LogP contribution in [0.1, 0.15) is 25.3 Å². The maximum Gasteiger partial charge on any atom is 0.137 e. The third-order valence-corrected chi connectivity index (χ3v) is 3.51. The van der Waals surface area contributed by atoms with Crippen LogP contribution in [0.5, 0.6) is 0 Å². The zero-order chi connectivity index (χ0) is 11.5. The molecule has 1 nitrogen and oxygen atoms in total. The smallest absolute Gasteiger partial charge is 0.137 e. The fourth-order valence-electron chi connectivity index (χ4n) is 1.80. The van der Waals surface area contributed by atoms with Crippen molar-refractivity contribution in [2.24, 2.45) is 5.92 Å². The molecule has 0 aliphatic heterocycles. The van der Waals surface area contributed by atoms with Crippen LogP contribution in [0.3, 0.4) is 0 Å². The number of benzene rings is 1. The Morgan fingerprint density at radius 1 is 1.50 bits per heavy atom. The molecular formula is C13H17BrFN. The van der Waals surface area contributed by atoms with E-state index in [1.54, 1.807) is 0 Å². The maximum atomic E-state index is 13.0. The van der Waals surface area contributed by atoms with Crippen LogP contribution >= 0.6 is 15.9 Å². The van der Waals surface area contributed by atoms with E-state index in [1.807, 2.05) is 12.1 Å². The van der Waals surface area contributed by atoms with Gasteiger partial charge in [-0.25, -0.2) is 4.39 Å². The van der Waals surface area contributed by atoms with Crippen LogP contribution in [0.4, 0.5) is 4.39 Å². The van der Waals surface area contributed by atoms with Gasteiger partial charge in [0.25, 0.3) is 0 Å². The van der Waals surface area contributed by atoms with Crippen LogP contribution in [0.2, 0.25) is 0 Å². The molecule has 1 unspecified atom stereocenters. The van der Waals surface area contributed by atoms with Gasteiger partial charge in [-0.3, -0.25) is 0 Å². The van der Waals surface area contributed by atoms with Gasteiger partial charge in [-0.05, 0) is 65.4 Å². The van der Waals surface area contributed by atoms with Crippen molar-refractivity contribution in [3.63, 3.8) is 0 Å².